The van der Waals surface area contributed by atoms with Crippen molar-refractivity contribution in [2.75, 3.05) is 19.4 Å². The average Bonchev–Trinajstić information content (AvgIpc) is 1.83. The van der Waals surface area contributed by atoms with Gasteiger partial charge in [0.25, 0.3) is 0 Å². The molecule has 0 aliphatic heterocycles. The average molecular weight is 285 g/mol. The summed E-state index contributed by atoms with van der Waals surface area (Å²) in [6, 6.07) is 0. The van der Waals surface area contributed by atoms with Gasteiger partial charge in [0.1, 0.15) is 0 Å². The molecule has 0 bridgehead atoms. The van der Waals surface area contributed by atoms with Crippen molar-refractivity contribution in [2.45, 2.75) is 13.8 Å². The predicted molar refractivity (Wildman–Crippen MR) is 53.1 cm³/mol. The first-order chi connectivity index (χ1) is 5.75. The first kappa shape index (κ1) is 18.5. The molecule has 0 saturated carbocycles. The second-order valence-electron chi connectivity index (χ2n) is 2.29. The Morgan fingerprint density at radius 2 is 1.93 bits per heavy atom. The maximum Gasteiger partial charge on any atom is 1.00 e. The van der Waals surface area contributed by atoms with Crippen molar-refractivity contribution in [3.05, 3.63) is 0 Å². The molecule has 0 spiro atoms. The fourth-order valence-electron chi connectivity index (χ4n) is 0.817. The van der Waals surface area contributed by atoms with Crippen LogP contribution in [-0.2, 0) is 26.4 Å². The molecule has 0 amide bonds. The van der Waals surface area contributed by atoms with Crippen molar-refractivity contribution in [2.24, 2.45) is 0 Å². The summed E-state index contributed by atoms with van der Waals surface area (Å²) in [6.07, 6.45) is 0.953. The molecular weight excluding hydrogens is 272 g/mol. The zero-order chi connectivity index (χ0) is 10.7. The fraction of sp³-hybridized carbons (Fsp3) is 1.00. The van der Waals surface area contributed by atoms with E-state index in [4.69, 9.17) is 4.52 Å². The summed E-state index contributed by atoms with van der Waals surface area (Å²) in [4.78, 5) is 11.5. The normalized spacial score (nSPS) is 16.1. The SMILES string of the molecule is CCOP([O-])(=S)N(CC)S(C)(=O)=O.[K+]. The van der Waals surface area contributed by atoms with Gasteiger partial charge in [-0.25, -0.2) is 8.42 Å². The van der Waals surface area contributed by atoms with Gasteiger partial charge in [0.2, 0.25) is 10.0 Å². The molecule has 0 aliphatic carbocycles. The molecule has 1 atom stereocenters. The van der Waals surface area contributed by atoms with Crippen molar-refractivity contribution in [3.8, 4) is 0 Å². The van der Waals surface area contributed by atoms with Gasteiger partial charge in [-0.1, -0.05) is 18.7 Å². The Morgan fingerprint density at radius 3 is 2.14 bits per heavy atom. The molecule has 0 saturated heterocycles. The monoisotopic (exact) mass is 285 g/mol. The zero-order valence-corrected chi connectivity index (χ0v) is 14.4. The van der Waals surface area contributed by atoms with Crippen LogP contribution >= 0.6 is 6.64 Å². The molecule has 14 heavy (non-hydrogen) atoms. The van der Waals surface area contributed by atoms with Crippen LogP contribution in [0.4, 0.5) is 0 Å². The van der Waals surface area contributed by atoms with Crippen molar-refractivity contribution in [1.82, 2.24) is 4.08 Å². The molecule has 0 N–H and O–H groups in total. The van der Waals surface area contributed by atoms with Gasteiger partial charge in [0.15, 0.2) is 0 Å². The minimum absolute atomic E-state index is 0. The molecule has 0 fully saturated rings. The third kappa shape index (κ3) is 6.00. The molecule has 1 unspecified atom stereocenters. The van der Waals surface area contributed by atoms with Crippen molar-refractivity contribution < 1.29 is 69.2 Å². The largest absolute Gasteiger partial charge is 1.00 e. The van der Waals surface area contributed by atoms with Crippen LogP contribution in [0.25, 0.3) is 0 Å². The second-order valence-corrected chi connectivity index (χ2v) is 7.53. The number of nitrogens with zero attached hydrogens (tertiary/aromatic N) is 1. The van der Waals surface area contributed by atoms with Crippen LogP contribution < -0.4 is 56.3 Å². The second kappa shape index (κ2) is 7.44. The summed E-state index contributed by atoms with van der Waals surface area (Å²) in [6.45, 7) is -0.248. The van der Waals surface area contributed by atoms with Crippen molar-refractivity contribution in [1.29, 1.82) is 0 Å². The van der Waals surface area contributed by atoms with Crippen LogP contribution in [0.15, 0.2) is 0 Å². The Morgan fingerprint density at radius 1 is 1.50 bits per heavy atom. The first-order valence-corrected chi connectivity index (χ1v) is 8.13. The molecule has 9 heteroatoms. The van der Waals surface area contributed by atoms with Gasteiger partial charge < -0.3 is 9.42 Å². The van der Waals surface area contributed by atoms with E-state index < -0.39 is 16.7 Å². The van der Waals surface area contributed by atoms with E-state index in [2.05, 4.69) is 11.8 Å². The van der Waals surface area contributed by atoms with E-state index in [-0.39, 0.29) is 64.5 Å². The van der Waals surface area contributed by atoms with Crippen LogP contribution in [0.2, 0.25) is 0 Å². The Kier molecular flexibility index (Phi) is 9.83. The summed E-state index contributed by atoms with van der Waals surface area (Å²) >= 11 is 4.59. The standard InChI is InChI=1S/C5H14NO4PS2.K/c1-4-6(13(3,8)9)11(7,12)10-5-2;/h4-5H2,1-3H3,(H,7,12);/q;+1/p-1. The Hall–Kier alpha value is 2.12. The van der Waals surface area contributed by atoms with Gasteiger partial charge in [0.05, 0.1) is 12.9 Å². The van der Waals surface area contributed by atoms with E-state index in [1.165, 1.54) is 0 Å². The van der Waals surface area contributed by atoms with Gasteiger partial charge in [0, 0.05) is 13.2 Å². The van der Waals surface area contributed by atoms with Crippen LogP contribution in [0.3, 0.4) is 0 Å². The Balaban J connectivity index is 0. The zero-order valence-electron chi connectivity index (χ0n) is 8.76. The van der Waals surface area contributed by atoms with E-state index in [1.807, 2.05) is 0 Å². The van der Waals surface area contributed by atoms with Gasteiger partial charge in [-0.2, -0.15) is 4.08 Å². The predicted octanol–water partition coefficient (Wildman–Crippen LogP) is -3.11. The molecule has 80 valence electrons. The fourth-order valence-corrected chi connectivity index (χ4v) is 5.43. The molecule has 0 heterocycles. The van der Waals surface area contributed by atoms with Gasteiger partial charge in [-0.3, -0.25) is 0 Å². The third-order valence-electron chi connectivity index (χ3n) is 1.22. The van der Waals surface area contributed by atoms with E-state index in [9.17, 15) is 13.3 Å². The van der Waals surface area contributed by atoms with Gasteiger partial charge >= 0.3 is 51.4 Å². The summed E-state index contributed by atoms with van der Waals surface area (Å²) in [5.41, 5.74) is 0. The molecule has 0 radical (unpaired) electrons. The third-order valence-corrected chi connectivity index (χ3v) is 6.41. The van der Waals surface area contributed by atoms with Crippen molar-refractivity contribution >= 4 is 28.5 Å². The number of sulfonamides is 1. The topological polar surface area (TPSA) is 69.7 Å². The maximum absolute atomic E-state index is 11.5. The summed E-state index contributed by atoms with van der Waals surface area (Å²) in [5, 5.41) is 0. The number of hydrogen-bond acceptors (Lipinski definition) is 5. The quantitative estimate of drug-likeness (QED) is 0.395. The van der Waals surface area contributed by atoms with E-state index in [0.29, 0.717) is 4.08 Å². The summed E-state index contributed by atoms with van der Waals surface area (Å²) in [5.74, 6) is 0. The van der Waals surface area contributed by atoms with Crippen LogP contribution in [0.5, 0.6) is 0 Å². The molecule has 0 rings (SSSR count). The van der Waals surface area contributed by atoms with Gasteiger partial charge in [-0.15, -0.1) is 0 Å². The minimum Gasteiger partial charge on any atom is -0.789 e. The van der Waals surface area contributed by atoms with Crippen molar-refractivity contribution in [3.63, 3.8) is 0 Å². The molecule has 5 nitrogen and oxygen atoms in total. The minimum atomic E-state index is -3.60. The Labute approximate surface area is 133 Å². The number of hydrogen-bond donors (Lipinski definition) is 0. The molecular formula is C5H13KNO4PS2. The molecule has 0 aromatic rings. The van der Waals surface area contributed by atoms with E-state index in [0.717, 1.165) is 6.26 Å². The summed E-state index contributed by atoms with van der Waals surface area (Å²) < 4.78 is 27.6. The number of rotatable bonds is 5. The smallest absolute Gasteiger partial charge is 0.789 e. The molecule has 0 aromatic carbocycles. The molecule has 0 aliphatic rings. The first-order valence-electron chi connectivity index (χ1n) is 3.69. The van der Waals surface area contributed by atoms with Crippen LogP contribution in [-0.4, -0.2) is 31.9 Å². The van der Waals surface area contributed by atoms with Crippen LogP contribution in [0.1, 0.15) is 13.8 Å². The van der Waals surface area contributed by atoms with Crippen LogP contribution in [0, 0.1) is 0 Å². The summed E-state index contributed by atoms with van der Waals surface area (Å²) in [7, 11) is -3.55. The maximum atomic E-state index is 11.5. The molecule has 0 aromatic heterocycles. The Bertz CT molecular complexity index is 307. The van der Waals surface area contributed by atoms with E-state index in [1.54, 1.807) is 13.8 Å². The van der Waals surface area contributed by atoms with Gasteiger partial charge in [-0.05, 0) is 6.92 Å². The van der Waals surface area contributed by atoms with E-state index >= 15 is 0 Å².